The lowest BCUT2D eigenvalue weighted by Gasteiger charge is -2.07. The first-order valence-electron chi connectivity index (χ1n) is 3.17. The highest BCUT2D eigenvalue weighted by atomic mass is 16.4. The standard InChI is InChI=1S/C6H11NO4/c1-7-3-4(6(10)11)2-5(8)9/h4,7H,2-3H2,1H3,(H,8,9)(H,10,11). The average Bonchev–Trinajstić information content (AvgIpc) is 1.86. The molecule has 0 bridgehead atoms. The van der Waals surface area contributed by atoms with Crippen molar-refractivity contribution in [1.29, 1.82) is 0 Å². The molecule has 0 aromatic rings. The third-order valence-electron chi connectivity index (χ3n) is 1.22. The fourth-order valence-corrected chi connectivity index (χ4v) is 0.704. The van der Waals surface area contributed by atoms with E-state index in [2.05, 4.69) is 5.32 Å². The van der Waals surface area contributed by atoms with Gasteiger partial charge >= 0.3 is 11.9 Å². The SMILES string of the molecule is CNCC(CC(=O)O)C(=O)O. The van der Waals surface area contributed by atoms with Gasteiger partial charge in [0, 0.05) is 6.54 Å². The summed E-state index contributed by atoms with van der Waals surface area (Å²) in [5.74, 6) is -3.01. The highest BCUT2D eigenvalue weighted by Gasteiger charge is 2.19. The van der Waals surface area contributed by atoms with E-state index >= 15 is 0 Å². The third-order valence-corrected chi connectivity index (χ3v) is 1.22. The summed E-state index contributed by atoms with van der Waals surface area (Å²) >= 11 is 0. The van der Waals surface area contributed by atoms with E-state index in [1.165, 1.54) is 0 Å². The van der Waals surface area contributed by atoms with Gasteiger partial charge in [0.15, 0.2) is 0 Å². The Kier molecular flexibility index (Phi) is 4.21. The van der Waals surface area contributed by atoms with Gasteiger partial charge < -0.3 is 15.5 Å². The molecule has 0 fully saturated rings. The molecule has 1 unspecified atom stereocenters. The summed E-state index contributed by atoms with van der Waals surface area (Å²) in [5, 5.41) is 19.3. The van der Waals surface area contributed by atoms with Crippen LogP contribution in [0.2, 0.25) is 0 Å². The summed E-state index contributed by atoms with van der Waals surface area (Å²) in [6, 6.07) is 0. The molecule has 5 heteroatoms. The van der Waals surface area contributed by atoms with E-state index in [0.29, 0.717) is 0 Å². The smallest absolute Gasteiger partial charge is 0.308 e. The van der Waals surface area contributed by atoms with Crippen molar-refractivity contribution in [2.75, 3.05) is 13.6 Å². The third kappa shape index (κ3) is 4.32. The van der Waals surface area contributed by atoms with Crippen LogP contribution < -0.4 is 5.32 Å². The minimum atomic E-state index is -1.09. The molecule has 0 aliphatic heterocycles. The monoisotopic (exact) mass is 161 g/mol. The lowest BCUT2D eigenvalue weighted by molar-refractivity contribution is -0.148. The highest BCUT2D eigenvalue weighted by molar-refractivity contribution is 5.77. The topological polar surface area (TPSA) is 86.6 Å². The van der Waals surface area contributed by atoms with E-state index in [9.17, 15) is 9.59 Å². The van der Waals surface area contributed by atoms with Crippen molar-refractivity contribution in [2.45, 2.75) is 6.42 Å². The fourth-order valence-electron chi connectivity index (χ4n) is 0.704. The van der Waals surface area contributed by atoms with Crippen molar-refractivity contribution in [3.63, 3.8) is 0 Å². The fraction of sp³-hybridized carbons (Fsp3) is 0.667. The maximum Gasteiger partial charge on any atom is 0.308 e. The molecule has 0 aliphatic carbocycles. The van der Waals surface area contributed by atoms with E-state index in [-0.39, 0.29) is 13.0 Å². The van der Waals surface area contributed by atoms with E-state index in [1.807, 2.05) is 0 Å². The van der Waals surface area contributed by atoms with Crippen LogP contribution in [-0.4, -0.2) is 35.7 Å². The van der Waals surface area contributed by atoms with Crippen LogP contribution in [0.5, 0.6) is 0 Å². The van der Waals surface area contributed by atoms with Gasteiger partial charge in [0.05, 0.1) is 12.3 Å². The number of carboxylic acids is 2. The molecule has 1 atom stereocenters. The van der Waals surface area contributed by atoms with Gasteiger partial charge in [-0.15, -0.1) is 0 Å². The summed E-state index contributed by atoms with van der Waals surface area (Å²) in [7, 11) is 1.58. The quantitative estimate of drug-likeness (QED) is 0.500. The van der Waals surface area contributed by atoms with Gasteiger partial charge in [-0.2, -0.15) is 0 Å². The largest absolute Gasteiger partial charge is 0.481 e. The molecular weight excluding hydrogens is 150 g/mol. The van der Waals surface area contributed by atoms with Crippen LogP contribution in [0.25, 0.3) is 0 Å². The molecule has 0 amide bonds. The second-order valence-corrected chi connectivity index (χ2v) is 2.19. The molecule has 0 aliphatic rings. The predicted molar refractivity (Wildman–Crippen MR) is 37.3 cm³/mol. The Bertz CT molecular complexity index is 157. The van der Waals surface area contributed by atoms with Gasteiger partial charge in [-0.25, -0.2) is 0 Å². The van der Waals surface area contributed by atoms with E-state index < -0.39 is 17.9 Å². The lowest BCUT2D eigenvalue weighted by atomic mass is 10.1. The van der Waals surface area contributed by atoms with Crippen LogP contribution in [0.4, 0.5) is 0 Å². The normalized spacial score (nSPS) is 12.5. The van der Waals surface area contributed by atoms with Crippen molar-refractivity contribution in [3.05, 3.63) is 0 Å². The van der Waals surface area contributed by atoms with Gasteiger partial charge in [0.2, 0.25) is 0 Å². The molecule has 0 spiro atoms. The van der Waals surface area contributed by atoms with Crippen LogP contribution in [0, 0.1) is 5.92 Å². The zero-order valence-electron chi connectivity index (χ0n) is 6.20. The summed E-state index contributed by atoms with van der Waals surface area (Å²) in [4.78, 5) is 20.4. The van der Waals surface area contributed by atoms with Crippen LogP contribution in [0.15, 0.2) is 0 Å². The number of nitrogens with one attached hydrogen (secondary N) is 1. The molecule has 0 aromatic heterocycles. The van der Waals surface area contributed by atoms with Gasteiger partial charge in [-0.1, -0.05) is 0 Å². The highest BCUT2D eigenvalue weighted by Crippen LogP contribution is 2.00. The Balaban J connectivity index is 3.89. The zero-order chi connectivity index (χ0) is 8.85. The number of rotatable bonds is 5. The van der Waals surface area contributed by atoms with Crippen molar-refractivity contribution >= 4 is 11.9 Å². The summed E-state index contributed by atoms with van der Waals surface area (Å²) < 4.78 is 0. The Morgan fingerprint density at radius 3 is 2.27 bits per heavy atom. The number of carboxylic acid groups (broad SMARTS) is 2. The first-order chi connectivity index (χ1) is 5.07. The summed E-state index contributed by atoms with van der Waals surface area (Å²) in [6.45, 7) is 0.182. The van der Waals surface area contributed by atoms with Crippen LogP contribution in [-0.2, 0) is 9.59 Å². The molecule has 0 heterocycles. The van der Waals surface area contributed by atoms with Gasteiger partial charge in [-0.05, 0) is 7.05 Å². The Morgan fingerprint density at radius 2 is 2.00 bits per heavy atom. The minimum Gasteiger partial charge on any atom is -0.481 e. The molecule has 0 saturated carbocycles. The van der Waals surface area contributed by atoms with Gasteiger partial charge in [0.25, 0.3) is 0 Å². The molecule has 5 nitrogen and oxygen atoms in total. The maximum absolute atomic E-state index is 10.3. The number of aliphatic carboxylic acids is 2. The summed E-state index contributed by atoms with van der Waals surface area (Å²) in [5.41, 5.74) is 0. The molecule has 0 saturated heterocycles. The van der Waals surface area contributed by atoms with Crippen molar-refractivity contribution in [1.82, 2.24) is 5.32 Å². The molecule has 0 aromatic carbocycles. The number of hydrogen-bond donors (Lipinski definition) is 3. The molecular formula is C6H11NO4. The number of carbonyl (C=O) groups is 2. The van der Waals surface area contributed by atoms with Crippen molar-refractivity contribution in [3.8, 4) is 0 Å². The Labute approximate surface area is 64.0 Å². The second-order valence-electron chi connectivity index (χ2n) is 2.19. The van der Waals surface area contributed by atoms with Crippen LogP contribution in [0.3, 0.4) is 0 Å². The first-order valence-corrected chi connectivity index (χ1v) is 3.17. The Hall–Kier alpha value is -1.10. The van der Waals surface area contributed by atoms with E-state index in [1.54, 1.807) is 7.05 Å². The zero-order valence-corrected chi connectivity index (χ0v) is 6.20. The maximum atomic E-state index is 10.3. The van der Waals surface area contributed by atoms with Crippen molar-refractivity contribution < 1.29 is 19.8 Å². The minimum absolute atomic E-state index is 0.182. The van der Waals surface area contributed by atoms with E-state index in [4.69, 9.17) is 10.2 Å². The van der Waals surface area contributed by atoms with Crippen LogP contribution in [0.1, 0.15) is 6.42 Å². The van der Waals surface area contributed by atoms with Crippen LogP contribution >= 0.6 is 0 Å². The molecule has 64 valence electrons. The summed E-state index contributed by atoms with van der Waals surface area (Å²) in [6.07, 6.45) is -0.337. The second kappa shape index (κ2) is 4.68. The lowest BCUT2D eigenvalue weighted by Crippen LogP contribution is -2.28. The Morgan fingerprint density at radius 1 is 1.45 bits per heavy atom. The van der Waals surface area contributed by atoms with Crippen molar-refractivity contribution in [2.24, 2.45) is 5.92 Å². The predicted octanol–water partition coefficient (Wildman–Crippen LogP) is -0.619. The molecule has 0 radical (unpaired) electrons. The van der Waals surface area contributed by atoms with Gasteiger partial charge in [0.1, 0.15) is 0 Å². The molecule has 11 heavy (non-hydrogen) atoms. The van der Waals surface area contributed by atoms with E-state index in [0.717, 1.165) is 0 Å². The first kappa shape index (κ1) is 9.90. The molecule has 0 rings (SSSR count). The number of hydrogen-bond acceptors (Lipinski definition) is 3. The average molecular weight is 161 g/mol. The molecule has 3 N–H and O–H groups in total. The van der Waals surface area contributed by atoms with Gasteiger partial charge in [-0.3, -0.25) is 9.59 Å².